The first-order valence-corrected chi connectivity index (χ1v) is 9.94. The minimum absolute atomic E-state index is 0.0558. The van der Waals surface area contributed by atoms with Crippen LogP contribution in [0.25, 0.3) is 0 Å². The van der Waals surface area contributed by atoms with E-state index in [1.54, 1.807) is 0 Å². The molecule has 5 heteroatoms. The smallest absolute Gasteiger partial charge is 0.305 e. The van der Waals surface area contributed by atoms with E-state index < -0.39 is 6.10 Å². The van der Waals surface area contributed by atoms with E-state index in [4.69, 9.17) is 0 Å². The number of carbonyl (C=O) groups excluding carboxylic acids is 2. The van der Waals surface area contributed by atoms with Crippen molar-refractivity contribution in [2.24, 2.45) is 5.92 Å². The van der Waals surface area contributed by atoms with Gasteiger partial charge in [-0.25, -0.2) is 0 Å². The number of methoxy groups -OCH3 is 1. The lowest BCUT2D eigenvalue weighted by molar-refractivity contribution is -0.140. The van der Waals surface area contributed by atoms with Gasteiger partial charge in [0.2, 0.25) is 0 Å². The molecule has 2 rings (SSSR count). The van der Waals surface area contributed by atoms with Crippen LogP contribution in [0.15, 0.2) is 36.4 Å². The van der Waals surface area contributed by atoms with Gasteiger partial charge in [-0.2, -0.15) is 0 Å². The summed E-state index contributed by atoms with van der Waals surface area (Å²) in [4.78, 5) is 23.5. The van der Waals surface area contributed by atoms with E-state index in [0.29, 0.717) is 12.8 Å². The van der Waals surface area contributed by atoms with Gasteiger partial charge >= 0.3 is 5.97 Å². The van der Waals surface area contributed by atoms with Crippen molar-refractivity contribution >= 4 is 11.8 Å². The maximum atomic E-state index is 12.4. The zero-order valence-corrected chi connectivity index (χ0v) is 17.1. The predicted molar refractivity (Wildman–Crippen MR) is 108 cm³/mol. The van der Waals surface area contributed by atoms with Gasteiger partial charge in [-0.1, -0.05) is 50.3 Å². The number of hydrogen-bond acceptors (Lipinski definition) is 5. The van der Waals surface area contributed by atoms with Gasteiger partial charge in [-0.3, -0.25) is 9.59 Å². The number of ketones is 1. The number of aliphatic hydroxyl groups excluding tert-OH is 2. The molecular weight excluding hydrogens is 356 g/mol. The third-order valence-corrected chi connectivity index (χ3v) is 5.68. The zero-order chi connectivity index (χ0) is 20.7. The number of allylic oxidation sites excluding steroid dienone is 2. The fourth-order valence-electron chi connectivity index (χ4n) is 3.76. The molecule has 1 aliphatic carbocycles. The number of rotatable bonds is 9. The second-order valence-corrected chi connectivity index (χ2v) is 8.21. The Kier molecular flexibility index (Phi) is 7.96. The number of aliphatic hydroxyl groups is 2. The molecule has 1 aliphatic rings. The Hall–Kier alpha value is -1.98. The molecule has 0 heterocycles. The van der Waals surface area contributed by atoms with Crippen LogP contribution in [0, 0.1) is 5.92 Å². The van der Waals surface area contributed by atoms with Gasteiger partial charge < -0.3 is 14.9 Å². The van der Waals surface area contributed by atoms with Crippen LogP contribution in [0.4, 0.5) is 0 Å². The van der Waals surface area contributed by atoms with Gasteiger partial charge in [0.05, 0.1) is 19.8 Å². The number of benzene rings is 1. The average molecular weight is 389 g/mol. The first-order chi connectivity index (χ1) is 13.3. The molecule has 1 aromatic carbocycles. The fourth-order valence-corrected chi connectivity index (χ4v) is 3.76. The SMILES string of the molecule is COC(=O)CCCC=CCC1C(=O)C[C@@H](O)[C@@H]1c1ccc(C(C)(C)CO)cc1. The van der Waals surface area contributed by atoms with E-state index in [9.17, 15) is 19.8 Å². The van der Waals surface area contributed by atoms with Crippen LogP contribution in [0.5, 0.6) is 0 Å². The van der Waals surface area contributed by atoms with Crippen molar-refractivity contribution < 1.29 is 24.5 Å². The van der Waals surface area contributed by atoms with E-state index in [1.807, 2.05) is 50.3 Å². The zero-order valence-electron chi connectivity index (χ0n) is 17.1. The molecule has 0 bridgehead atoms. The molecule has 3 atom stereocenters. The van der Waals surface area contributed by atoms with Crippen molar-refractivity contribution in [2.75, 3.05) is 13.7 Å². The van der Waals surface area contributed by atoms with Crippen LogP contribution < -0.4 is 0 Å². The number of carbonyl (C=O) groups is 2. The number of ether oxygens (including phenoxy) is 1. The molecule has 154 valence electrons. The Morgan fingerprint density at radius 1 is 1.25 bits per heavy atom. The van der Waals surface area contributed by atoms with Gasteiger partial charge in [-0.05, 0) is 30.4 Å². The molecule has 1 fully saturated rings. The summed E-state index contributed by atoms with van der Waals surface area (Å²) in [5, 5.41) is 20.0. The lowest BCUT2D eigenvalue weighted by Gasteiger charge is -2.25. The summed E-state index contributed by atoms with van der Waals surface area (Å²) in [5.41, 5.74) is 1.66. The Morgan fingerprint density at radius 3 is 2.54 bits per heavy atom. The molecule has 5 nitrogen and oxygen atoms in total. The molecule has 0 aromatic heterocycles. The molecule has 1 saturated carbocycles. The first kappa shape index (κ1) is 22.3. The highest BCUT2D eigenvalue weighted by Crippen LogP contribution is 2.40. The van der Waals surface area contributed by atoms with E-state index in [2.05, 4.69) is 4.74 Å². The van der Waals surface area contributed by atoms with Crippen LogP contribution in [0.3, 0.4) is 0 Å². The summed E-state index contributed by atoms with van der Waals surface area (Å²) in [7, 11) is 1.38. The molecule has 0 aliphatic heterocycles. The summed E-state index contributed by atoms with van der Waals surface area (Å²) in [6.45, 7) is 4.01. The second kappa shape index (κ2) is 9.99. The maximum Gasteiger partial charge on any atom is 0.305 e. The molecule has 28 heavy (non-hydrogen) atoms. The highest BCUT2D eigenvalue weighted by molar-refractivity contribution is 5.85. The van der Waals surface area contributed by atoms with Crippen molar-refractivity contribution in [3.05, 3.63) is 47.5 Å². The van der Waals surface area contributed by atoms with Crippen LogP contribution >= 0.6 is 0 Å². The van der Waals surface area contributed by atoms with Gasteiger partial charge in [0.25, 0.3) is 0 Å². The van der Waals surface area contributed by atoms with Crippen LogP contribution in [0.2, 0.25) is 0 Å². The quantitative estimate of drug-likeness (QED) is 0.385. The average Bonchev–Trinajstić information content (AvgIpc) is 2.97. The Morgan fingerprint density at radius 2 is 1.93 bits per heavy atom. The van der Waals surface area contributed by atoms with Crippen molar-refractivity contribution in [3.63, 3.8) is 0 Å². The lowest BCUT2D eigenvalue weighted by Crippen LogP contribution is -2.22. The predicted octanol–water partition coefficient (Wildman–Crippen LogP) is 3.28. The highest BCUT2D eigenvalue weighted by atomic mass is 16.5. The van der Waals surface area contributed by atoms with Crippen LogP contribution in [-0.2, 0) is 19.7 Å². The summed E-state index contributed by atoms with van der Waals surface area (Å²) in [6, 6.07) is 7.88. The molecule has 2 N–H and O–H groups in total. The molecule has 0 saturated heterocycles. The first-order valence-electron chi connectivity index (χ1n) is 9.94. The van der Waals surface area contributed by atoms with Crippen LogP contribution in [-0.4, -0.2) is 41.8 Å². The summed E-state index contributed by atoms with van der Waals surface area (Å²) >= 11 is 0. The summed E-state index contributed by atoms with van der Waals surface area (Å²) < 4.78 is 4.61. The molecule has 1 aromatic rings. The third-order valence-electron chi connectivity index (χ3n) is 5.68. The Labute approximate surface area is 167 Å². The highest BCUT2D eigenvalue weighted by Gasteiger charge is 2.41. The normalized spacial score (nSPS) is 22.8. The van der Waals surface area contributed by atoms with Crippen molar-refractivity contribution in [1.82, 2.24) is 0 Å². The number of esters is 1. The molecule has 0 spiro atoms. The fraction of sp³-hybridized carbons (Fsp3) is 0.565. The van der Waals surface area contributed by atoms with Crippen molar-refractivity contribution in [3.8, 4) is 0 Å². The van der Waals surface area contributed by atoms with Crippen LogP contribution in [0.1, 0.15) is 63.0 Å². The summed E-state index contributed by atoms with van der Waals surface area (Å²) in [5.74, 6) is -0.561. The van der Waals surface area contributed by atoms with Crippen molar-refractivity contribution in [1.29, 1.82) is 0 Å². The minimum Gasteiger partial charge on any atom is -0.469 e. The van der Waals surface area contributed by atoms with E-state index in [0.717, 1.165) is 24.0 Å². The van der Waals surface area contributed by atoms with Gasteiger partial charge in [0.15, 0.2) is 0 Å². The van der Waals surface area contributed by atoms with E-state index in [-0.39, 0.29) is 42.0 Å². The largest absolute Gasteiger partial charge is 0.469 e. The second-order valence-electron chi connectivity index (χ2n) is 8.21. The maximum absolute atomic E-state index is 12.4. The van der Waals surface area contributed by atoms with Gasteiger partial charge in [0.1, 0.15) is 5.78 Å². The van der Waals surface area contributed by atoms with E-state index in [1.165, 1.54) is 7.11 Å². The van der Waals surface area contributed by atoms with Crippen molar-refractivity contribution in [2.45, 2.75) is 63.4 Å². The van der Waals surface area contributed by atoms with Gasteiger partial charge in [0, 0.05) is 30.1 Å². The van der Waals surface area contributed by atoms with Gasteiger partial charge in [-0.15, -0.1) is 0 Å². The molecule has 1 unspecified atom stereocenters. The standard InChI is InChI=1S/C23H32O5/c1-23(2,15-24)17-12-10-16(11-13-17)22-18(19(25)14-20(22)26)8-6-4-5-7-9-21(27)28-3/h4,6,10-13,18,20,22,24,26H,5,7-9,14-15H2,1-3H3/t18?,20-,22-/m1/s1. The summed E-state index contributed by atoms with van der Waals surface area (Å²) in [6.07, 6.45) is 5.95. The Balaban J connectivity index is 2.02. The number of Topliss-reactive ketones (excluding diaryl/α,β-unsaturated/α-hetero) is 1. The number of unbranched alkanes of at least 4 members (excludes halogenated alkanes) is 1. The molecule has 0 radical (unpaired) electrons. The lowest BCUT2D eigenvalue weighted by atomic mass is 9.81. The molecule has 0 amide bonds. The topological polar surface area (TPSA) is 83.8 Å². The minimum atomic E-state index is -0.665. The van der Waals surface area contributed by atoms with E-state index >= 15 is 0 Å². The molecular formula is C23H32O5. The third kappa shape index (κ3) is 5.52. The Bertz CT molecular complexity index is 689. The number of hydrogen-bond donors (Lipinski definition) is 2. The monoisotopic (exact) mass is 388 g/mol.